The average molecular weight is 371 g/mol. The molecule has 3 rings (SSSR count). The van der Waals surface area contributed by atoms with Gasteiger partial charge >= 0.3 is 12.1 Å². The number of hydrogen-bond acceptors (Lipinski definition) is 5. The molecule has 1 saturated heterocycles. The van der Waals surface area contributed by atoms with Crippen LogP contribution in [0.5, 0.6) is 0 Å². The first-order chi connectivity index (χ1) is 13.1. The van der Waals surface area contributed by atoms with Crippen LogP contribution in [0.25, 0.3) is 0 Å². The molecular formula is C21H25NO5. The van der Waals surface area contributed by atoms with E-state index in [-0.39, 0.29) is 18.4 Å². The van der Waals surface area contributed by atoms with Crippen molar-refractivity contribution in [3.8, 4) is 0 Å². The molecule has 1 aromatic rings. The maximum Gasteiger partial charge on any atom is 0.417 e. The van der Waals surface area contributed by atoms with Gasteiger partial charge in [-0.15, -0.1) is 6.58 Å². The summed E-state index contributed by atoms with van der Waals surface area (Å²) in [5, 5.41) is 0. The summed E-state index contributed by atoms with van der Waals surface area (Å²) in [6.07, 6.45) is 4.12. The summed E-state index contributed by atoms with van der Waals surface area (Å²) in [7, 11) is 1.27. The van der Waals surface area contributed by atoms with Gasteiger partial charge in [0.05, 0.1) is 13.2 Å². The molecule has 0 aromatic heterocycles. The molecule has 1 heterocycles. The van der Waals surface area contributed by atoms with Gasteiger partial charge in [0.1, 0.15) is 12.5 Å². The minimum absolute atomic E-state index is 0.0595. The summed E-state index contributed by atoms with van der Waals surface area (Å²) >= 11 is 0. The number of amides is 2. The molecule has 0 unspecified atom stereocenters. The zero-order valence-electron chi connectivity index (χ0n) is 15.5. The Bertz CT molecular complexity index is 717. The van der Waals surface area contributed by atoms with Gasteiger partial charge in [-0.25, -0.2) is 9.69 Å². The van der Waals surface area contributed by atoms with Crippen molar-refractivity contribution >= 4 is 18.0 Å². The van der Waals surface area contributed by atoms with Crippen LogP contribution in [0.15, 0.2) is 43.0 Å². The van der Waals surface area contributed by atoms with Crippen molar-refractivity contribution in [2.75, 3.05) is 13.7 Å². The smallest absolute Gasteiger partial charge is 0.417 e. The molecule has 0 spiro atoms. The molecule has 2 amide bonds. The Morgan fingerprint density at radius 1 is 1.33 bits per heavy atom. The van der Waals surface area contributed by atoms with Crippen molar-refractivity contribution in [1.29, 1.82) is 0 Å². The monoisotopic (exact) mass is 371 g/mol. The van der Waals surface area contributed by atoms with Gasteiger partial charge < -0.3 is 9.47 Å². The maximum absolute atomic E-state index is 13.3. The number of hydrogen-bond donors (Lipinski definition) is 0. The third kappa shape index (κ3) is 3.89. The number of imide groups is 1. The van der Waals surface area contributed by atoms with Crippen LogP contribution in [0.3, 0.4) is 0 Å². The molecule has 2 fully saturated rings. The van der Waals surface area contributed by atoms with Gasteiger partial charge in [-0.1, -0.05) is 42.8 Å². The number of esters is 1. The number of carbonyl (C=O) groups excluding carboxylic acids is 3. The van der Waals surface area contributed by atoms with Crippen LogP contribution < -0.4 is 0 Å². The zero-order chi connectivity index (χ0) is 19.4. The summed E-state index contributed by atoms with van der Waals surface area (Å²) in [5.41, 5.74) is 0.998. The SMILES string of the molecule is C=C[C@@H]1CCC[C@H]1[C@H](C(=O)OC)C(=O)N1C(=O)OC[C@@H]1Cc1ccccc1. The fraction of sp³-hybridized carbons (Fsp3) is 0.476. The lowest BCUT2D eigenvalue weighted by molar-refractivity contribution is -0.155. The largest absolute Gasteiger partial charge is 0.468 e. The highest BCUT2D eigenvalue weighted by atomic mass is 16.6. The Labute approximate surface area is 159 Å². The highest BCUT2D eigenvalue weighted by Crippen LogP contribution is 2.39. The molecule has 0 bridgehead atoms. The lowest BCUT2D eigenvalue weighted by Crippen LogP contribution is -2.48. The third-order valence-corrected chi connectivity index (χ3v) is 5.59. The highest BCUT2D eigenvalue weighted by molar-refractivity contribution is 6.04. The molecule has 27 heavy (non-hydrogen) atoms. The van der Waals surface area contributed by atoms with Gasteiger partial charge in [0.2, 0.25) is 5.91 Å². The molecule has 1 aliphatic heterocycles. The van der Waals surface area contributed by atoms with Crippen molar-refractivity contribution in [1.82, 2.24) is 4.90 Å². The van der Waals surface area contributed by atoms with Crippen LogP contribution >= 0.6 is 0 Å². The molecule has 1 aliphatic carbocycles. The molecule has 1 saturated carbocycles. The van der Waals surface area contributed by atoms with Crippen LogP contribution in [-0.2, 0) is 25.5 Å². The van der Waals surface area contributed by atoms with E-state index in [0.717, 1.165) is 29.7 Å². The predicted molar refractivity (Wildman–Crippen MR) is 98.7 cm³/mol. The number of nitrogens with zero attached hydrogens (tertiary/aromatic N) is 1. The summed E-state index contributed by atoms with van der Waals surface area (Å²) in [6.45, 7) is 3.96. The minimum Gasteiger partial charge on any atom is -0.468 e. The molecule has 6 nitrogen and oxygen atoms in total. The van der Waals surface area contributed by atoms with E-state index < -0.39 is 29.9 Å². The van der Waals surface area contributed by atoms with Crippen LogP contribution in [0.2, 0.25) is 0 Å². The van der Waals surface area contributed by atoms with E-state index in [1.54, 1.807) is 6.08 Å². The lowest BCUT2D eigenvalue weighted by atomic mass is 9.82. The fourth-order valence-corrected chi connectivity index (χ4v) is 4.23. The van der Waals surface area contributed by atoms with E-state index in [1.165, 1.54) is 7.11 Å². The average Bonchev–Trinajstić information content (AvgIpc) is 3.29. The quantitative estimate of drug-likeness (QED) is 0.437. The molecule has 0 N–H and O–H groups in total. The second-order valence-electron chi connectivity index (χ2n) is 7.12. The number of benzene rings is 1. The van der Waals surface area contributed by atoms with Crippen molar-refractivity contribution in [2.45, 2.75) is 31.7 Å². The number of methoxy groups -OCH3 is 1. The molecular weight excluding hydrogens is 346 g/mol. The van der Waals surface area contributed by atoms with Gasteiger partial charge in [0.25, 0.3) is 0 Å². The second-order valence-corrected chi connectivity index (χ2v) is 7.12. The van der Waals surface area contributed by atoms with Gasteiger partial charge in [-0.2, -0.15) is 0 Å². The number of rotatable bonds is 6. The Kier molecular flexibility index (Phi) is 5.94. The molecule has 1 aromatic carbocycles. The normalized spacial score (nSPS) is 25.7. The maximum atomic E-state index is 13.3. The zero-order valence-corrected chi connectivity index (χ0v) is 15.5. The first-order valence-electron chi connectivity index (χ1n) is 9.31. The second kappa shape index (κ2) is 8.37. The van der Waals surface area contributed by atoms with Crippen LogP contribution in [-0.4, -0.2) is 42.6 Å². The number of carbonyl (C=O) groups is 3. The van der Waals surface area contributed by atoms with E-state index in [9.17, 15) is 14.4 Å². The molecule has 4 atom stereocenters. The van der Waals surface area contributed by atoms with Crippen molar-refractivity contribution in [2.24, 2.45) is 17.8 Å². The van der Waals surface area contributed by atoms with E-state index >= 15 is 0 Å². The van der Waals surface area contributed by atoms with Gasteiger partial charge in [0.15, 0.2) is 0 Å². The number of allylic oxidation sites excluding steroid dienone is 1. The Morgan fingerprint density at radius 3 is 2.74 bits per heavy atom. The first-order valence-corrected chi connectivity index (χ1v) is 9.31. The van der Waals surface area contributed by atoms with Crippen LogP contribution in [0.1, 0.15) is 24.8 Å². The third-order valence-electron chi connectivity index (χ3n) is 5.59. The van der Waals surface area contributed by atoms with Gasteiger partial charge in [0, 0.05) is 0 Å². The summed E-state index contributed by atoms with van der Waals surface area (Å²) in [5.74, 6) is -2.28. The first kappa shape index (κ1) is 19.1. The van der Waals surface area contributed by atoms with E-state index in [4.69, 9.17) is 9.47 Å². The summed E-state index contributed by atoms with van der Waals surface area (Å²) < 4.78 is 10.1. The van der Waals surface area contributed by atoms with Crippen molar-refractivity contribution < 1.29 is 23.9 Å². The molecule has 6 heteroatoms. The van der Waals surface area contributed by atoms with Gasteiger partial charge in [-0.05, 0) is 36.7 Å². The van der Waals surface area contributed by atoms with Gasteiger partial charge in [-0.3, -0.25) is 9.59 Å². The van der Waals surface area contributed by atoms with Crippen molar-refractivity contribution in [3.05, 3.63) is 48.6 Å². The Hall–Kier alpha value is -2.63. The predicted octanol–water partition coefficient (Wildman–Crippen LogP) is 2.97. The summed E-state index contributed by atoms with van der Waals surface area (Å²) in [4.78, 5) is 39.2. The van der Waals surface area contributed by atoms with E-state index in [1.807, 2.05) is 30.3 Å². The fourth-order valence-electron chi connectivity index (χ4n) is 4.23. The van der Waals surface area contributed by atoms with Crippen LogP contribution in [0.4, 0.5) is 4.79 Å². The molecule has 144 valence electrons. The van der Waals surface area contributed by atoms with E-state index in [2.05, 4.69) is 6.58 Å². The summed E-state index contributed by atoms with van der Waals surface area (Å²) in [6, 6.07) is 9.17. The van der Waals surface area contributed by atoms with E-state index in [0.29, 0.717) is 6.42 Å². The van der Waals surface area contributed by atoms with Crippen molar-refractivity contribution in [3.63, 3.8) is 0 Å². The highest BCUT2D eigenvalue weighted by Gasteiger charge is 2.48. The topological polar surface area (TPSA) is 72.9 Å². The molecule has 2 aliphatic rings. The lowest BCUT2D eigenvalue weighted by Gasteiger charge is -2.29. The number of ether oxygens (including phenoxy) is 2. The Balaban J connectivity index is 1.85. The van der Waals surface area contributed by atoms with Crippen LogP contribution in [0, 0.1) is 17.8 Å². The standard InChI is InChI=1S/C21H25NO5/c1-3-15-10-7-11-17(15)18(20(24)26-2)19(23)22-16(13-27-21(22)25)12-14-8-5-4-6-9-14/h3-6,8-9,15-18H,1,7,10-13H2,2H3/t15-,16+,17-,18+/m1/s1. The minimum atomic E-state index is -1.01. The molecule has 0 radical (unpaired) electrons. The Morgan fingerprint density at radius 2 is 2.07 bits per heavy atom. The number of cyclic esters (lactones) is 1.